The smallest absolute Gasteiger partial charge is 0.391 e. The third kappa shape index (κ3) is 4.44. The highest BCUT2D eigenvalue weighted by molar-refractivity contribution is 6.08. The molecule has 27 heavy (non-hydrogen) atoms. The third-order valence-corrected chi connectivity index (χ3v) is 4.22. The van der Waals surface area contributed by atoms with Gasteiger partial charge in [-0.05, 0) is 18.2 Å². The van der Waals surface area contributed by atoms with Crippen LogP contribution in [0.25, 0.3) is 0 Å². The summed E-state index contributed by atoms with van der Waals surface area (Å²) in [4.78, 5) is 26.2. The van der Waals surface area contributed by atoms with Gasteiger partial charge in [0.15, 0.2) is 0 Å². The second kappa shape index (κ2) is 7.77. The van der Waals surface area contributed by atoms with Gasteiger partial charge in [-0.1, -0.05) is 12.1 Å². The summed E-state index contributed by atoms with van der Waals surface area (Å²) >= 11 is 0. The minimum absolute atomic E-state index is 0.0218. The van der Waals surface area contributed by atoms with E-state index in [1.54, 1.807) is 0 Å². The number of amides is 2. The van der Waals surface area contributed by atoms with E-state index in [9.17, 15) is 27.2 Å². The number of rotatable bonds is 5. The fourth-order valence-corrected chi connectivity index (χ4v) is 2.85. The first-order valence-electron chi connectivity index (χ1n) is 7.91. The molecule has 1 aromatic rings. The predicted octanol–water partition coefficient (Wildman–Crippen LogP) is 2.15. The molecule has 1 aliphatic heterocycles. The Balaban J connectivity index is 2.33. The second-order valence-corrected chi connectivity index (χ2v) is 6.03. The number of nitrogens with one attached hydrogen (secondary N) is 3. The number of carbonyl (C=O) groups is 2. The fraction of sp³-hybridized carbons (Fsp3) is 0.353. The number of nitrogens with zero attached hydrogens (tertiary/aromatic N) is 1. The van der Waals surface area contributed by atoms with Crippen LogP contribution < -0.4 is 10.6 Å². The van der Waals surface area contributed by atoms with Crippen LogP contribution in [0.3, 0.4) is 0 Å². The standard InChI is InChI=1S/C17H18F4N4O2/c1-23-12(7-13(22)17(19,20)21)9-8-25(2)16(27)14(9)15(26)24-11-6-4-3-5-10(11)18/h3-7,9,14,22-23H,8H2,1-2H3,(H,24,26)/b12-7-,22-13?/t9-,14+/m1/s1. The van der Waals surface area contributed by atoms with Gasteiger partial charge in [0.25, 0.3) is 0 Å². The zero-order chi connectivity index (χ0) is 20.4. The lowest BCUT2D eigenvalue weighted by Gasteiger charge is -2.20. The molecule has 2 amide bonds. The molecule has 0 spiro atoms. The van der Waals surface area contributed by atoms with Crippen LogP contribution in [0, 0.1) is 23.1 Å². The van der Waals surface area contributed by atoms with Crippen LogP contribution in [0.15, 0.2) is 36.0 Å². The summed E-state index contributed by atoms with van der Waals surface area (Å²) in [6, 6.07) is 5.34. The number of alkyl halides is 3. The Bertz CT molecular complexity index is 791. The van der Waals surface area contributed by atoms with Crippen LogP contribution in [0.5, 0.6) is 0 Å². The lowest BCUT2D eigenvalue weighted by Crippen LogP contribution is -2.36. The van der Waals surface area contributed by atoms with E-state index in [0.717, 1.165) is 6.07 Å². The molecule has 1 saturated heterocycles. The maximum Gasteiger partial charge on any atom is 0.432 e. The molecule has 0 unspecified atom stereocenters. The molecule has 0 radical (unpaired) electrons. The molecular formula is C17H18F4N4O2. The van der Waals surface area contributed by atoms with Gasteiger partial charge < -0.3 is 15.5 Å². The van der Waals surface area contributed by atoms with Crippen LogP contribution in [-0.4, -0.2) is 49.2 Å². The lowest BCUT2D eigenvalue weighted by atomic mass is 9.90. The summed E-state index contributed by atoms with van der Waals surface area (Å²) in [5.41, 5.74) is -1.83. The molecule has 0 aromatic heterocycles. The molecule has 10 heteroatoms. The van der Waals surface area contributed by atoms with Gasteiger partial charge in [-0.2, -0.15) is 13.2 Å². The molecule has 146 valence electrons. The first-order chi connectivity index (χ1) is 12.6. The predicted molar refractivity (Wildman–Crippen MR) is 90.6 cm³/mol. The summed E-state index contributed by atoms with van der Waals surface area (Å²) in [5.74, 6) is -4.44. The van der Waals surface area contributed by atoms with Crippen LogP contribution in [-0.2, 0) is 9.59 Å². The van der Waals surface area contributed by atoms with Gasteiger partial charge in [0.1, 0.15) is 17.4 Å². The zero-order valence-electron chi connectivity index (χ0n) is 14.5. The highest BCUT2D eigenvalue weighted by atomic mass is 19.4. The van der Waals surface area contributed by atoms with Gasteiger partial charge in [0.05, 0.1) is 5.69 Å². The molecule has 3 N–H and O–H groups in total. The van der Waals surface area contributed by atoms with E-state index < -0.39 is 41.4 Å². The van der Waals surface area contributed by atoms with E-state index in [1.165, 1.54) is 37.2 Å². The van der Waals surface area contributed by atoms with Gasteiger partial charge in [-0.25, -0.2) is 4.39 Å². The summed E-state index contributed by atoms with van der Waals surface area (Å²) in [6.07, 6.45) is -4.30. The van der Waals surface area contributed by atoms with Crippen molar-refractivity contribution in [3.8, 4) is 0 Å². The van der Waals surface area contributed by atoms with Crippen molar-refractivity contribution in [1.82, 2.24) is 10.2 Å². The van der Waals surface area contributed by atoms with Crippen molar-refractivity contribution in [2.45, 2.75) is 6.18 Å². The molecule has 1 aliphatic rings. The lowest BCUT2D eigenvalue weighted by molar-refractivity contribution is -0.135. The summed E-state index contributed by atoms with van der Waals surface area (Å²) < 4.78 is 51.8. The van der Waals surface area contributed by atoms with Gasteiger partial charge in [0, 0.05) is 32.3 Å². The number of carbonyl (C=O) groups excluding carboxylic acids is 2. The third-order valence-electron chi connectivity index (χ3n) is 4.22. The highest BCUT2D eigenvalue weighted by Gasteiger charge is 2.46. The van der Waals surface area contributed by atoms with Crippen molar-refractivity contribution in [2.75, 3.05) is 26.0 Å². The highest BCUT2D eigenvalue weighted by Crippen LogP contribution is 2.31. The molecule has 0 aliphatic carbocycles. The normalized spacial score (nSPS) is 20.6. The Hall–Kier alpha value is -2.91. The average molecular weight is 386 g/mol. The Morgan fingerprint density at radius 1 is 1.33 bits per heavy atom. The number of para-hydroxylation sites is 1. The van der Waals surface area contributed by atoms with E-state index >= 15 is 0 Å². The summed E-state index contributed by atoms with van der Waals surface area (Å²) in [6.45, 7) is -0.0218. The number of allylic oxidation sites excluding steroid dienone is 1. The Morgan fingerprint density at radius 3 is 2.52 bits per heavy atom. The van der Waals surface area contributed by atoms with Gasteiger partial charge >= 0.3 is 6.18 Å². The van der Waals surface area contributed by atoms with Gasteiger partial charge in [-0.15, -0.1) is 0 Å². The van der Waals surface area contributed by atoms with E-state index in [-0.39, 0.29) is 17.9 Å². The van der Waals surface area contributed by atoms with Gasteiger partial charge in [0.2, 0.25) is 11.8 Å². The summed E-state index contributed by atoms with van der Waals surface area (Å²) in [7, 11) is 2.75. The maximum atomic E-state index is 13.7. The number of benzene rings is 1. The molecule has 1 fully saturated rings. The molecule has 6 nitrogen and oxygen atoms in total. The van der Waals surface area contributed by atoms with E-state index in [2.05, 4.69) is 10.6 Å². The molecule has 0 bridgehead atoms. The molecule has 0 saturated carbocycles. The van der Waals surface area contributed by atoms with Crippen molar-refractivity contribution in [1.29, 1.82) is 5.41 Å². The van der Waals surface area contributed by atoms with Crippen LogP contribution in [0.2, 0.25) is 0 Å². The second-order valence-electron chi connectivity index (χ2n) is 6.03. The van der Waals surface area contributed by atoms with Crippen molar-refractivity contribution in [3.63, 3.8) is 0 Å². The van der Waals surface area contributed by atoms with E-state index in [1.807, 2.05) is 0 Å². The summed E-state index contributed by atoms with van der Waals surface area (Å²) in [5, 5.41) is 12.0. The van der Waals surface area contributed by atoms with Crippen molar-refractivity contribution < 1.29 is 27.2 Å². The molecule has 2 atom stereocenters. The van der Waals surface area contributed by atoms with Crippen molar-refractivity contribution >= 4 is 23.2 Å². The first kappa shape index (κ1) is 20.4. The Morgan fingerprint density at radius 2 is 1.96 bits per heavy atom. The molecule has 2 rings (SSSR count). The van der Waals surface area contributed by atoms with E-state index in [0.29, 0.717) is 6.08 Å². The number of hydrogen-bond acceptors (Lipinski definition) is 4. The molecule has 1 heterocycles. The number of halogens is 4. The zero-order valence-corrected chi connectivity index (χ0v) is 14.5. The number of anilines is 1. The van der Waals surface area contributed by atoms with E-state index in [4.69, 9.17) is 5.41 Å². The Kier molecular flexibility index (Phi) is 5.87. The maximum absolute atomic E-state index is 13.7. The minimum Gasteiger partial charge on any atom is -0.391 e. The van der Waals surface area contributed by atoms with Crippen molar-refractivity contribution in [3.05, 3.63) is 41.9 Å². The fourth-order valence-electron chi connectivity index (χ4n) is 2.85. The van der Waals surface area contributed by atoms with Crippen LogP contribution in [0.1, 0.15) is 0 Å². The molecule has 1 aromatic carbocycles. The number of hydrogen-bond donors (Lipinski definition) is 3. The van der Waals surface area contributed by atoms with Crippen LogP contribution in [0.4, 0.5) is 23.2 Å². The van der Waals surface area contributed by atoms with Gasteiger partial charge in [-0.3, -0.25) is 15.0 Å². The Labute approximate surface area is 152 Å². The molecular weight excluding hydrogens is 368 g/mol. The average Bonchev–Trinajstić information content (AvgIpc) is 2.88. The monoisotopic (exact) mass is 386 g/mol. The SMILES string of the molecule is CN/C(=C\C(=N)C(F)(F)F)[C@H]1CN(C)C(=O)[C@@H]1C(=O)Nc1ccccc1F. The van der Waals surface area contributed by atoms with Crippen LogP contribution >= 0.6 is 0 Å². The quantitative estimate of drug-likeness (QED) is 0.412. The largest absolute Gasteiger partial charge is 0.432 e. The minimum atomic E-state index is -4.86. The first-order valence-corrected chi connectivity index (χ1v) is 7.91. The topological polar surface area (TPSA) is 85.3 Å². The number of likely N-dealkylation sites (tertiary alicyclic amines) is 1. The van der Waals surface area contributed by atoms with Crippen molar-refractivity contribution in [2.24, 2.45) is 11.8 Å².